The van der Waals surface area contributed by atoms with E-state index in [0.717, 1.165) is 42.7 Å². The van der Waals surface area contributed by atoms with Gasteiger partial charge in [-0.25, -0.2) is 0 Å². The van der Waals surface area contributed by atoms with E-state index in [4.69, 9.17) is 0 Å². The first-order valence-electron chi connectivity index (χ1n) is 33.9. The summed E-state index contributed by atoms with van der Waals surface area (Å²) < 4.78 is 0. The van der Waals surface area contributed by atoms with Crippen LogP contribution in [-0.4, -0.2) is 0 Å². The van der Waals surface area contributed by atoms with Gasteiger partial charge in [0.1, 0.15) is 0 Å². The third-order valence-electron chi connectivity index (χ3n) is 22.7. The number of fused-ring (bicyclic) bond motifs is 3. The van der Waals surface area contributed by atoms with E-state index >= 15 is 0 Å². The molecule has 3 aliphatic carbocycles. The molecule has 0 saturated heterocycles. The van der Waals surface area contributed by atoms with Crippen molar-refractivity contribution in [1.82, 2.24) is 0 Å². The van der Waals surface area contributed by atoms with Gasteiger partial charge in [-0.3, -0.25) is 0 Å². The second-order valence-corrected chi connectivity index (χ2v) is 31.6. The van der Waals surface area contributed by atoms with Crippen LogP contribution in [0.5, 0.6) is 0 Å². The number of anilines is 3. The van der Waals surface area contributed by atoms with Gasteiger partial charge in [0.2, 0.25) is 0 Å². The highest BCUT2D eigenvalue weighted by Crippen LogP contribution is 2.63. The van der Waals surface area contributed by atoms with Crippen molar-refractivity contribution >= 4 is 38.6 Å². The van der Waals surface area contributed by atoms with Gasteiger partial charge in [-0.05, 0) is 226 Å². The smallest absolute Gasteiger partial charge is 0.0461 e. The topological polar surface area (TPSA) is 3.24 Å². The van der Waals surface area contributed by atoms with E-state index in [-0.39, 0.29) is 43.8 Å². The van der Waals surface area contributed by atoms with Gasteiger partial charge in [0.05, 0.1) is 0 Å². The van der Waals surface area contributed by atoms with Crippen molar-refractivity contribution in [3.63, 3.8) is 0 Å². The molecule has 454 valence electrons. The summed E-state index contributed by atoms with van der Waals surface area (Å²) in [4.78, 5) is 2.46. The van der Waals surface area contributed by atoms with Crippen LogP contribution < -0.4 is 4.90 Å². The molecule has 0 N–H and O–H groups in total. The van der Waals surface area contributed by atoms with E-state index < -0.39 is 0 Å². The molecule has 1 spiro atoms. The van der Waals surface area contributed by atoms with Gasteiger partial charge in [-0.2, -0.15) is 0 Å². The quantitative estimate of drug-likeness (QED) is 0.0775. The second-order valence-electron chi connectivity index (χ2n) is 31.6. The monoisotopic (exact) mass is 1170 g/mol. The van der Waals surface area contributed by atoms with Crippen LogP contribution in [0.3, 0.4) is 0 Å². The van der Waals surface area contributed by atoms with Crippen molar-refractivity contribution in [3.8, 4) is 11.1 Å². The molecular weight excluding hydrogens is 1070 g/mol. The van der Waals surface area contributed by atoms with Crippen molar-refractivity contribution in [3.05, 3.63) is 278 Å². The van der Waals surface area contributed by atoms with Crippen LogP contribution in [0.2, 0.25) is 0 Å². The lowest BCUT2D eigenvalue weighted by molar-refractivity contribution is 0.372. The summed E-state index contributed by atoms with van der Waals surface area (Å²) in [6.07, 6.45) is 9.33. The van der Waals surface area contributed by atoms with Gasteiger partial charge >= 0.3 is 0 Å². The molecule has 3 aliphatic rings. The highest BCUT2D eigenvalue weighted by Gasteiger charge is 2.51. The van der Waals surface area contributed by atoms with Crippen LogP contribution in [0.25, 0.3) is 32.7 Å². The standard InChI is InChI=1S/C88H97N/c1-17-84(9,10)62-39-33-58(34-40-62)77(57-31-37-60(38-32-57)82(3,4)5)59-35-45-64(46-36-59)89(65-47-41-61(42-48-65)83(6,7)8)66-49-43-63(44-50-66)86(13,14)75-53-51-71-72-52-54-76(74-30-24-56-88(81(72)74)55-23-29-73(75)80(71)88)87(15,16)79-69-27-21-19-25-67(69)78(85(11,12)18-2)68-26-20-22-28-70(68)79/h19-22,25-28,31-54,77H,17-18,23-24,29-30,55-56H2,1-16H3. The fourth-order valence-corrected chi connectivity index (χ4v) is 16.9. The van der Waals surface area contributed by atoms with Crippen LogP contribution in [0.1, 0.15) is 239 Å². The van der Waals surface area contributed by atoms with Crippen molar-refractivity contribution in [2.45, 2.75) is 206 Å². The summed E-state index contributed by atoms with van der Waals surface area (Å²) in [5.41, 5.74) is 28.2. The summed E-state index contributed by atoms with van der Waals surface area (Å²) in [5, 5.41) is 5.63. The maximum absolute atomic E-state index is 2.57. The lowest BCUT2D eigenvalue weighted by Gasteiger charge is -2.44. The van der Waals surface area contributed by atoms with Crippen molar-refractivity contribution in [2.24, 2.45) is 0 Å². The number of hydrogen-bond donors (Lipinski definition) is 0. The molecule has 0 fully saturated rings. The largest absolute Gasteiger partial charge is 0.311 e. The molecule has 1 heteroatoms. The molecule has 0 amide bonds. The molecule has 10 aromatic rings. The van der Waals surface area contributed by atoms with Crippen LogP contribution >= 0.6 is 0 Å². The Balaban J connectivity index is 0.865. The first-order chi connectivity index (χ1) is 42.3. The molecule has 1 nitrogen and oxygen atoms in total. The van der Waals surface area contributed by atoms with Gasteiger partial charge < -0.3 is 4.90 Å². The molecule has 0 aliphatic heterocycles. The lowest BCUT2D eigenvalue weighted by atomic mass is 9.59. The van der Waals surface area contributed by atoms with Gasteiger partial charge in [-0.1, -0.05) is 269 Å². The highest BCUT2D eigenvalue weighted by molar-refractivity contribution is 6.08. The Morgan fingerprint density at radius 3 is 1.11 bits per heavy atom. The molecule has 0 heterocycles. The predicted octanol–water partition coefficient (Wildman–Crippen LogP) is 24.2. The highest BCUT2D eigenvalue weighted by atomic mass is 15.1. The minimum Gasteiger partial charge on any atom is -0.311 e. The van der Waals surface area contributed by atoms with Gasteiger partial charge in [0, 0.05) is 39.2 Å². The lowest BCUT2D eigenvalue weighted by Crippen LogP contribution is -2.36. The van der Waals surface area contributed by atoms with E-state index in [1.165, 1.54) is 120 Å². The summed E-state index contributed by atoms with van der Waals surface area (Å²) in [7, 11) is 0. The maximum Gasteiger partial charge on any atom is 0.0461 e. The first kappa shape index (κ1) is 60.4. The number of benzene rings is 10. The average molecular weight is 1170 g/mol. The molecule has 0 bridgehead atoms. The van der Waals surface area contributed by atoms with Gasteiger partial charge in [0.25, 0.3) is 0 Å². The molecule has 13 rings (SSSR count). The third kappa shape index (κ3) is 10.0. The van der Waals surface area contributed by atoms with E-state index in [9.17, 15) is 0 Å². The molecule has 2 unspecified atom stereocenters. The normalized spacial score (nSPS) is 16.4. The van der Waals surface area contributed by atoms with E-state index in [0.29, 0.717) is 0 Å². The summed E-state index contributed by atoms with van der Waals surface area (Å²) in [6.45, 7) is 38.1. The minimum absolute atomic E-state index is 0.0380. The maximum atomic E-state index is 2.57. The molecule has 2 atom stereocenters. The zero-order valence-electron chi connectivity index (χ0n) is 56.7. The first-order valence-corrected chi connectivity index (χ1v) is 33.9. The van der Waals surface area contributed by atoms with Crippen LogP contribution in [0, 0.1) is 0 Å². The number of rotatable bonds is 14. The van der Waals surface area contributed by atoms with Crippen LogP contribution in [-0.2, 0) is 50.7 Å². The molecular formula is C88H97N. The minimum atomic E-state index is -0.237. The van der Waals surface area contributed by atoms with Crippen molar-refractivity contribution in [2.75, 3.05) is 4.90 Å². The molecule has 10 aromatic carbocycles. The summed E-state index contributed by atoms with van der Waals surface area (Å²) in [5.74, 6) is 0.0881. The Bertz CT molecular complexity index is 4240. The van der Waals surface area contributed by atoms with Crippen LogP contribution in [0.15, 0.2) is 194 Å². The summed E-state index contributed by atoms with van der Waals surface area (Å²) in [6, 6.07) is 76.3. The van der Waals surface area contributed by atoms with E-state index in [1.54, 1.807) is 22.3 Å². The predicted molar refractivity (Wildman–Crippen MR) is 383 cm³/mol. The molecule has 89 heavy (non-hydrogen) atoms. The molecule has 0 radical (unpaired) electrons. The summed E-state index contributed by atoms with van der Waals surface area (Å²) >= 11 is 0. The van der Waals surface area contributed by atoms with Crippen LogP contribution in [0.4, 0.5) is 17.1 Å². The Morgan fingerprint density at radius 1 is 0.360 bits per heavy atom. The van der Waals surface area contributed by atoms with Crippen molar-refractivity contribution in [1.29, 1.82) is 0 Å². The van der Waals surface area contributed by atoms with Gasteiger partial charge in [0.15, 0.2) is 0 Å². The zero-order chi connectivity index (χ0) is 62.8. The van der Waals surface area contributed by atoms with Crippen molar-refractivity contribution < 1.29 is 0 Å². The Morgan fingerprint density at radius 2 is 0.708 bits per heavy atom. The third-order valence-corrected chi connectivity index (χ3v) is 22.7. The second kappa shape index (κ2) is 21.9. The fourth-order valence-electron chi connectivity index (χ4n) is 16.9. The average Bonchev–Trinajstić information content (AvgIpc) is 1.60. The van der Waals surface area contributed by atoms with E-state index in [1.807, 2.05) is 0 Å². The Labute approximate surface area is 535 Å². The van der Waals surface area contributed by atoms with E-state index in [2.05, 4.69) is 310 Å². The molecule has 0 saturated carbocycles. The SMILES string of the molecule is CCC(C)(C)c1ccc(C(c2ccc(N(c3ccc(C(C)(C)C)cc3)c3ccc(C(C)(C)c4ccc5c6c4CCCC64CCCc6c(C(C)(C)c7c8ccccc8c(C(C)(C)CC)c8ccccc78)ccc-5c64)cc3)cc2)c2ccc(C(C)(C)C)cc2)cc1. The van der Waals surface area contributed by atoms with Gasteiger partial charge in [-0.15, -0.1) is 0 Å². The Kier molecular flexibility index (Phi) is 14.9. The number of nitrogens with zero attached hydrogens (tertiary/aromatic N) is 1. The molecule has 0 aromatic heterocycles. The Hall–Kier alpha value is -7.48. The zero-order valence-corrected chi connectivity index (χ0v) is 56.7. The fraction of sp³-hybridized carbons (Fsp3) is 0.364. The number of hydrogen-bond acceptors (Lipinski definition) is 1.